The van der Waals surface area contributed by atoms with Gasteiger partial charge in [0.05, 0.1) is 18.8 Å². The summed E-state index contributed by atoms with van der Waals surface area (Å²) in [6, 6.07) is 6.08. The number of hydrogen-bond acceptors (Lipinski definition) is 6. The molecule has 2 amide bonds. The third kappa shape index (κ3) is 4.00. The Labute approximate surface area is 178 Å². The predicted molar refractivity (Wildman–Crippen MR) is 116 cm³/mol. The molecule has 9 heteroatoms. The molecule has 0 radical (unpaired) electrons. The van der Waals surface area contributed by atoms with Crippen LogP contribution in [0.5, 0.6) is 0 Å². The first kappa shape index (κ1) is 20.6. The summed E-state index contributed by atoms with van der Waals surface area (Å²) in [4.78, 5) is 31.0. The number of carbonyl (C=O) groups excluding carboxylic acids is 2. The summed E-state index contributed by atoms with van der Waals surface area (Å²) >= 11 is 1.71. The molecule has 4 rings (SSSR count). The van der Waals surface area contributed by atoms with Crippen LogP contribution in [0.25, 0.3) is 11.3 Å². The van der Waals surface area contributed by atoms with Crippen LogP contribution in [0, 0.1) is 0 Å². The number of ether oxygens (including phenoxy) is 1. The van der Waals surface area contributed by atoms with Crippen molar-refractivity contribution in [2.75, 3.05) is 30.4 Å². The molecule has 2 aliphatic rings. The van der Waals surface area contributed by atoms with E-state index in [1.54, 1.807) is 16.2 Å². The van der Waals surface area contributed by atoms with Gasteiger partial charge in [-0.3, -0.25) is 9.69 Å². The minimum Gasteiger partial charge on any atom is -0.442 e. The highest BCUT2D eigenvalue weighted by atomic mass is 79.9. The van der Waals surface area contributed by atoms with Gasteiger partial charge in [0.15, 0.2) is 5.13 Å². The Kier molecular flexibility index (Phi) is 6.24. The molecule has 1 aliphatic heterocycles. The Hall–Kier alpha value is -2.13. The molecule has 2 aromatic rings. The summed E-state index contributed by atoms with van der Waals surface area (Å²) in [5.74, 6) is -0.130. The van der Waals surface area contributed by atoms with E-state index in [0.717, 1.165) is 41.3 Å². The van der Waals surface area contributed by atoms with Gasteiger partial charge in [0.1, 0.15) is 6.10 Å². The van der Waals surface area contributed by atoms with Crippen LogP contribution in [0.15, 0.2) is 18.2 Å². The number of aryl methyl sites for hydroxylation is 2. The summed E-state index contributed by atoms with van der Waals surface area (Å²) in [6.45, 7) is 2.22. The molecule has 150 valence electrons. The van der Waals surface area contributed by atoms with Crippen molar-refractivity contribution in [1.29, 1.82) is 0 Å². The average Bonchev–Trinajstić information content (AvgIpc) is 3.19. The van der Waals surface area contributed by atoms with Gasteiger partial charge in [0.25, 0.3) is 0 Å². The van der Waals surface area contributed by atoms with Gasteiger partial charge in [0.2, 0.25) is 5.91 Å². The van der Waals surface area contributed by atoms with E-state index in [1.807, 2.05) is 13.1 Å². The SMILES string of the molecule is Br.CNc1nc2c(s1)CCCc1cc(N3C[C@H](CNC(C)=O)OC3=O)ccc1-2. The Morgan fingerprint density at radius 1 is 1.39 bits per heavy atom. The molecule has 0 spiro atoms. The molecule has 7 nitrogen and oxygen atoms in total. The number of cyclic esters (lactones) is 1. The third-order valence-electron chi connectivity index (χ3n) is 4.87. The summed E-state index contributed by atoms with van der Waals surface area (Å²) in [7, 11) is 1.89. The Morgan fingerprint density at radius 2 is 2.21 bits per heavy atom. The number of hydrogen-bond donors (Lipinski definition) is 2. The number of nitrogens with one attached hydrogen (secondary N) is 2. The van der Waals surface area contributed by atoms with Crippen molar-refractivity contribution >= 4 is 51.1 Å². The molecule has 0 saturated carbocycles. The van der Waals surface area contributed by atoms with Gasteiger partial charge in [-0.15, -0.1) is 28.3 Å². The second-order valence-corrected chi connectivity index (χ2v) is 7.87. The maximum atomic E-state index is 12.3. The lowest BCUT2D eigenvalue weighted by molar-refractivity contribution is -0.119. The molecule has 0 unspecified atom stereocenters. The van der Waals surface area contributed by atoms with Gasteiger partial charge < -0.3 is 15.4 Å². The van der Waals surface area contributed by atoms with E-state index in [0.29, 0.717) is 13.1 Å². The molecule has 0 bridgehead atoms. The van der Waals surface area contributed by atoms with Gasteiger partial charge >= 0.3 is 6.09 Å². The van der Waals surface area contributed by atoms with E-state index in [4.69, 9.17) is 9.72 Å². The maximum absolute atomic E-state index is 12.3. The normalized spacial score (nSPS) is 17.7. The first-order chi connectivity index (χ1) is 13.0. The van der Waals surface area contributed by atoms with Gasteiger partial charge in [-0.1, -0.05) is 6.07 Å². The van der Waals surface area contributed by atoms with Gasteiger partial charge in [-0.05, 0) is 37.0 Å². The Balaban J connectivity index is 0.00000225. The van der Waals surface area contributed by atoms with E-state index in [2.05, 4.69) is 22.8 Å². The molecule has 2 heterocycles. The Bertz CT molecular complexity index is 901. The quantitative estimate of drug-likeness (QED) is 0.721. The topological polar surface area (TPSA) is 83.6 Å². The zero-order chi connectivity index (χ0) is 19.0. The number of nitrogens with zero attached hydrogens (tertiary/aromatic N) is 2. The van der Waals surface area contributed by atoms with Crippen molar-refractivity contribution in [3.05, 3.63) is 28.6 Å². The van der Waals surface area contributed by atoms with E-state index < -0.39 is 0 Å². The third-order valence-corrected chi connectivity index (χ3v) is 6.00. The van der Waals surface area contributed by atoms with Crippen molar-refractivity contribution in [3.63, 3.8) is 0 Å². The number of thiazole rings is 1. The van der Waals surface area contributed by atoms with Crippen LogP contribution in [0.4, 0.5) is 15.6 Å². The van der Waals surface area contributed by atoms with E-state index in [9.17, 15) is 9.59 Å². The van der Waals surface area contributed by atoms with Crippen LogP contribution in [0.3, 0.4) is 0 Å². The molecule has 1 atom stereocenters. The van der Waals surface area contributed by atoms with Gasteiger partial charge in [-0.2, -0.15) is 0 Å². The largest absolute Gasteiger partial charge is 0.442 e. The fraction of sp³-hybridized carbons (Fsp3) is 0.421. The molecule has 1 aliphatic carbocycles. The molecule has 1 fully saturated rings. The number of aromatic nitrogens is 1. The number of rotatable bonds is 4. The summed E-state index contributed by atoms with van der Waals surface area (Å²) in [5.41, 5.74) is 4.23. The van der Waals surface area contributed by atoms with Crippen LogP contribution < -0.4 is 15.5 Å². The standard InChI is InChI=1S/C19H22N4O3S.BrH/c1-11(24)21-9-14-10-23(19(25)26-14)13-6-7-15-12(8-13)4-3-5-16-17(15)22-18(20-2)27-16;/h6-8,14H,3-5,9-10H2,1-2H3,(H,20,22)(H,21,24);1H/t14-;/m0./s1. The highest BCUT2D eigenvalue weighted by molar-refractivity contribution is 8.93. The number of carbonyl (C=O) groups is 2. The summed E-state index contributed by atoms with van der Waals surface area (Å²) < 4.78 is 5.37. The van der Waals surface area contributed by atoms with Crippen LogP contribution >= 0.6 is 28.3 Å². The van der Waals surface area contributed by atoms with Crippen molar-refractivity contribution in [1.82, 2.24) is 10.3 Å². The van der Waals surface area contributed by atoms with Gasteiger partial charge in [0, 0.05) is 30.1 Å². The fourth-order valence-corrected chi connectivity index (χ4v) is 4.53. The van der Waals surface area contributed by atoms with Crippen LogP contribution in [0.1, 0.15) is 23.8 Å². The zero-order valence-electron chi connectivity index (χ0n) is 15.8. The predicted octanol–water partition coefficient (Wildman–Crippen LogP) is 3.38. The first-order valence-corrected chi connectivity index (χ1v) is 9.90. The monoisotopic (exact) mass is 466 g/mol. The van der Waals surface area contributed by atoms with E-state index >= 15 is 0 Å². The highest BCUT2D eigenvalue weighted by Crippen LogP contribution is 2.38. The zero-order valence-corrected chi connectivity index (χ0v) is 18.3. The number of amides is 2. The van der Waals surface area contributed by atoms with Crippen molar-refractivity contribution < 1.29 is 14.3 Å². The molecule has 28 heavy (non-hydrogen) atoms. The molecule has 1 aromatic heterocycles. The van der Waals surface area contributed by atoms with Crippen molar-refractivity contribution in [2.45, 2.75) is 32.3 Å². The Morgan fingerprint density at radius 3 is 2.96 bits per heavy atom. The molecule has 1 saturated heterocycles. The lowest BCUT2D eigenvalue weighted by Gasteiger charge is -2.16. The summed E-state index contributed by atoms with van der Waals surface area (Å²) in [5, 5.41) is 6.76. The van der Waals surface area contributed by atoms with Crippen LogP contribution in [-0.4, -0.2) is 43.2 Å². The number of anilines is 2. The first-order valence-electron chi connectivity index (χ1n) is 9.08. The maximum Gasteiger partial charge on any atom is 0.414 e. The lowest BCUT2D eigenvalue weighted by Crippen LogP contribution is -2.33. The number of fused-ring (bicyclic) bond motifs is 3. The van der Waals surface area contributed by atoms with Crippen molar-refractivity contribution in [3.8, 4) is 11.3 Å². The number of halogens is 1. The molecular weight excluding hydrogens is 444 g/mol. The minimum atomic E-state index is -0.370. The average molecular weight is 467 g/mol. The second-order valence-electron chi connectivity index (χ2n) is 6.79. The number of benzene rings is 1. The lowest BCUT2D eigenvalue weighted by atomic mass is 10.0. The molecular formula is C19H23BrN4O3S. The van der Waals surface area contributed by atoms with Crippen molar-refractivity contribution in [2.24, 2.45) is 0 Å². The van der Waals surface area contributed by atoms with Crippen LogP contribution in [-0.2, 0) is 22.4 Å². The second kappa shape index (κ2) is 8.48. The fourth-order valence-electron chi connectivity index (χ4n) is 3.56. The molecule has 1 aromatic carbocycles. The molecule has 2 N–H and O–H groups in total. The highest BCUT2D eigenvalue weighted by Gasteiger charge is 2.33. The van der Waals surface area contributed by atoms with E-state index in [1.165, 1.54) is 17.4 Å². The van der Waals surface area contributed by atoms with E-state index in [-0.39, 0.29) is 35.1 Å². The smallest absolute Gasteiger partial charge is 0.414 e. The summed E-state index contributed by atoms with van der Waals surface area (Å²) in [6.07, 6.45) is 2.33. The van der Waals surface area contributed by atoms with Gasteiger partial charge in [-0.25, -0.2) is 9.78 Å². The minimum absolute atomic E-state index is 0. The van der Waals surface area contributed by atoms with Crippen LogP contribution in [0.2, 0.25) is 0 Å².